The van der Waals surface area contributed by atoms with E-state index in [4.69, 9.17) is 9.05 Å². The van der Waals surface area contributed by atoms with E-state index in [9.17, 15) is 9.90 Å². The zero-order chi connectivity index (χ0) is 21.4. The van der Waals surface area contributed by atoms with Gasteiger partial charge in [-0.1, -0.05) is 16.4 Å². The molecule has 0 aliphatic carbocycles. The number of carbonyl (C=O) groups excluding carboxylic acids is 1. The first-order chi connectivity index (χ1) is 15.0. The highest BCUT2D eigenvalue weighted by Crippen LogP contribution is 2.34. The van der Waals surface area contributed by atoms with Gasteiger partial charge in [-0.3, -0.25) is 4.79 Å². The van der Waals surface area contributed by atoms with E-state index in [0.717, 1.165) is 0 Å². The number of aromatic nitrogens is 5. The number of pyridine rings is 1. The van der Waals surface area contributed by atoms with Crippen LogP contribution in [0.25, 0.3) is 22.8 Å². The highest BCUT2D eigenvalue weighted by Gasteiger charge is 2.48. The summed E-state index contributed by atoms with van der Waals surface area (Å²) in [4.78, 5) is 27.0. The van der Waals surface area contributed by atoms with Gasteiger partial charge >= 0.3 is 0 Å². The SMILES string of the molecule is CN1CCC(O)(c2cc(-c3cccc(-c4ccnc(Nc5cnoc5)n4)n3)no2)C1=O. The number of carbonyl (C=O) groups is 1. The summed E-state index contributed by atoms with van der Waals surface area (Å²) >= 11 is 0. The lowest BCUT2D eigenvalue weighted by atomic mass is 9.98. The predicted molar refractivity (Wildman–Crippen MR) is 107 cm³/mol. The van der Waals surface area contributed by atoms with E-state index in [2.05, 4.69) is 30.6 Å². The molecule has 1 aliphatic heterocycles. The first-order valence-corrected chi connectivity index (χ1v) is 9.45. The first kappa shape index (κ1) is 18.9. The zero-order valence-electron chi connectivity index (χ0n) is 16.4. The second kappa shape index (κ2) is 7.29. The van der Waals surface area contributed by atoms with E-state index in [-0.39, 0.29) is 12.2 Å². The van der Waals surface area contributed by atoms with Crippen molar-refractivity contribution >= 4 is 17.5 Å². The number of likely N-dealkylation sites (N-methyl/N-ethyl adjacent to an activating group) is 1. The molecule has 1 saturated heterocycles. The molecule has 11 heteroatoms. The summed E-state index contributed by atoms with van der Waals surface area (Å²) < 4.78 is 10.1. The van der Waals surface area contributed by atoms with Gasteiger partial charge in [-0.05, 0) is 18.2 Å². The van der Waals surface area contributed by atoms with Crippen LogP contribution < -0.4 is 5.32 Å². The topological polar surface area (TPSA) is 143 Å². The van der Waals surface area contributed by atoms with Crippen molar-refractivity contribution in [2.75, 3.05) is 18.9 Å². The van der Waals surface area contributed by atoms with Gasteiger partial charge in [-0.25, -0.2) is 15.0 Å². The highest BCUT2D eigenvalue weighted by atomic mass is 16.5. The van der Waals surface area contributed by atoms with Crippen LogP contribution in [-0.2, 0) is 10.4 Å². The molecule has 0 bridgehead atoms. The van der Waals surface area contributed by atoms with Crippen LogP contribution in [-0.4, -0.2) is 54.8 Å². The molecule has 1 unspecified atom stereocenters. The van der Waals surface area contributed by atoms with Crippen LogP contribution in [0.4, 0.5) is 11.6 Å². The van der Waals surface area contributed by atoms with E-state index in [1.165, 1.54) is 17.4 Å². The van der Waals surface area contributed by atoms with Crippen LogP contribution in [0.5, 0.6) is 0 Å². The summed E-state index contributed by atoms with van der Waals surface area (Å²) in [5, 5.41) is 21.4. The molecule has 4 aromatic rings. The van der Waals surface area contributed by atoms with Crippen molar-refractivity contribution in [1.29, 1.82) is 0 Å². The lowest BCUT2D eigenvalue weighted by Crippen LogP contribution is -2.35. The van der Waals surface area contributed by atoms with E-state index in [0.29, 0.717) is 41.0 Å². The Hall–Kier alpha value is -4.12. The third-order valence-corrected chi connectivity index (χ3v) is 5.05. The van der Waals surface area contributed by atoms with E-state index in [1.807, 2.05) is 6.07 Å². The molecule has 5 rings (SSSR count). The number of hydrogen-bond acceptors (Lipinski definition) is 10. The van der Waals surface area contributed by atoms with Gasteiger partial charge in [0.15, 0.2) is 5.76 Å². The quantitative estimate of drug-likeness (QED) is 0.493. The third kappa shape index (κ3) is 3.40. The first-order valence-electron chi connectivity index (χ1n) is 9.45. The normalized spacial score (nSPS) is 18.5. The van der Waals surface area contributed by atoms with Gasteiger partial charge in [-0.15, -0.1) is 0 Å². The van der Waals surface area contributed by atoms with Crippen molar-refractivity contribution in [1.82, 2.24) is 30.2 Å². The molecular formula is C20H17N7O4. The van der Waals surface area contributed by atoms with Gasteiger partial charge in [0.1, 0.15) is 17.6 Å². The molecule has 1 aliphatic rings. The summed E-state index contributed by atoms with van der Waals surface area (Å²) in [5.74, 6) is 0.0553. The summed E-state index contributed by atoms with van der Waals surface area (Å²) in [5.41, 5.74) is 1.02. The average molecular weight is 419 g/mol. The van der Waals surface area contributed by atoms with E-state index in [1.54, 1.807) is 37.5 Å². The number of anilines is 2. The minimum Gasteiger partial charge on any atom is -0.373 e. The Bertz CT molecular complexity index is 1240. The van der Waals surface area contributed by atoms with Crippen molar-refractivity contribution in [2.24, 2.45) is 0 Å². The van der Waals surface area contributed by atoms with Crippen molar-refractivity contribution in [3.8, 4) is 22.8 Å². The molecule has 4 aromatic heterocycles. The molecule has 0 spiro atoms. The molecule has 31 heavy (non-hydrogen) atoms. The van der Waals surface area contributed by atoms with Crippen molar-refractivity contribution in [3.05, 3.63) is 54.7 Å². The van der Waals surface area contributed by atoms with Crippen molar-refractivity contribution in [3.63, 3.8) is 0 Å². The number of nitrogens with zero attached hydrogens (tertiary/aromatic N) is 6. The van der Waals surface area contributed by atoms with Crippen LogP contribution in [0.2, 0.25) is 0 Å². The molecule has 5 heterocycles. The molecule has 0 radical (unpaired) electrons. The van der Waals surface area contributed by atoms with Crippen LogP contribution in [0.1, 0.15) is 12.2 Å². The van der Waals surface area contributed by atoms with Crippen LogP contribution in [0, 0.1) is 0 Å². The van der Waals surface area contributed by atoms with Gasteiger partial charge in [0.05, 0.1) is 23.3 Å². The summed E-state index contributed by atoms with van der Waals surface area (Å²) in [6.45, 7) is 0.443. The number of likely N-dealkylation sites (tertiary alicyclic amines) is 1. The smallest absolute Gasteiger partial charge is 0.262 e. The van der Waals surface area contributed by atoms with Crippen LogP contribution in [0.15, 0.2) is 58.0 Å². The fraction of sp³-hybridized carbons (Fsp3) is 0.200. The molecule has 0 saturated carbocycles. The monoisotopic (exact) mass is 419 g/mol. The van der Waals surface area contributed by atoms with E-state index >= 15 is 0 Å². The fourth-order valence-corrected chi connectivity index (χ4v) is 3.35. The zero-order valence-corrected chi connectivity index (χ0v) is 16.4. The highest BCUT2D eigenvalue weighted by molar-refractivity contribution is 5.87. The number of aliphatic hydroxyl groups is 1. The Morgan fingerprint density at radius 3 is 2.71 bits per heavy atom. The molecule has 2 N–H and O–H groups in total. The Labute approximate surface area is 175 Å². The van der Waals surface area contributed by atoms with Gasteiger partial charge < -0.3 is 24.4 Å². The summed E-state index contributed by atoms with van der Waals surface area (Å²) in [7, 11) is 1.64. The molecule has 1 amide bonds. The second-order valence-electron chi connectivity index (χ2n) is 7.13. The van der Waals surface area contributed by atoms with Gasteiger partial charge in [0, 0.05) is 32.3 Å². The minimum absolute atomic E-state index is 0.103. The lowest BCUT2D eigenvalue weighted by Gasteiger charge is -2.16. The number of rotatable bonds is 5. The maximum absolute atomic E-state index is 12.3. The molecule has 156 valence electrons. The Morgan fingerprint density at radius 1 is 1.16 bits per heavy atom. The Morgan fingerprint density at radius 2 is 1.97 bits per heavy atom. The third-order valence-electron chi connectivity index (χ3n) is 5.05. The standard InChI is InChI=1S/C20H17N7O4/c1-27-8-6-20(29,18(27)28)17-9-16(26-31-17)14-4-2-3-13(24-14)15-5-7-21-19(25-15)23-12-10-22-30-11-12/h2-5,7,9-11,29H,6,8H2,1H3,(H,21,23,25). The molecular weight excluding hydrogens is 402 g/mol. The Kier molecular flexibility index (Phi) is 4.44. The fourth-order valence-electron chi connectivity index (χ4n) is 3.35. The molecule has 1 fully saturated rings. The maximum Gasteiger partial charge on any atom is 0.262 e. The number of nitrogens with one attached hydrogen (secondary N) is 1. The lowest BCUT2D eigenvalue weighted by molar-refractivity contribution is -0.144. The molecule has 0 aromatic carbocycles. The molecule has 11 nitrogen and oxygen atoms in total. The van der Waals surface area contributed by atoms with Crippen LogP contribution in [0.3, 0.4) is 0 Å². The maximum atomic E-state index is 12.3. The van der Waals surface area contributed by atoms with E-state index < -0.39 is 11.5 Å². The average Bonchev–Trinajstić information content (AvgIpc) is 3.54. The summed E-state index contributed by atoms with van der Waals surface area (Å²) in [6, 6.07) is 8.65. The van der Waals surface area contributed by atoms with Gasteiger partial charge in [-0.2, -0.15) is 0 Å². The minimum atomic E-state index is -1.70. The number of hydrogen-bond donors (Lipinski definition) is 2. The largest absolute Gasteiger partial charge is 0.373 e. The van der Waals surface area contributed by atoms with Crippen molar-refractivity contribution in [2.45, 2.75) is 12.0 Å². The van der Waals surface area contributed by atoms with Crippen molar-refractivity contribution < 1.29 is 18.9 Å². The second-order valence-corrected chi connectivity index (χ2v) is 7.13. The summed E-state index contributed by atoms with van der Waals surface area (Å²) in [6.07, 6.45) is 4.81. The number of amides is 1. The van der Waals surface area contributed by atoms with Gasteiger partial charge in [0.2, 0.25) is 11.5 Å². The molecule has 1 atom stereocenters. The Balaban J connectivity index is 1.43. The van der Waals surface area contributed by atoms with Crippen LogP contribution >= 0.6 is 0 Å². The van der Waals surface area contributed by atoms with Gasteiger partial charge in [0.25, 0.3) is 5.91 Å². The predicted octanol–water partition coefficient (Wildman–Crippen LogP) is 1.97.